The second-order valence-corrected chi connectivity index (χ2v) is 4.87. The van der Waals surface area contributed by atoms with Gasteiger partial charge in [-0.05, 0) is 11.6 Å². The molecule has 0 unspecified atom stereocenters. The molecule has 1 aromatic carbocycles. The summed E-state index contributed by atoms with van der Waals surface area (Å²) in [5, 5.41) is 0. The number of hydrogen-bond donors (Lipinski definition) is 0. The van der Waals surface area contributed by atoms with E-state index in [-0.39, 0.29) is 11.3 Å². The Hall–Kier alpha value is -1.57. The van der Waals surface area contributed by atoms with Crippen molar-refractivity contribution in [3.8, 4) is 0 Å². The van der Waals surface area contributed by atoms with Crippen LogP contribution in [-0.4, -0.2) is 17.9 Å². The minimum Gasteiger partial charge on any atom is -0.315 e. The molecule has 0 bridgehead atoms. The molecule has 1 aliphatic carbocycles. The first kappa shape index (κ1) is 10.9. The highest BCUT2D eigenvalue weighted by atomic mass is 16.2. The van der Waals surface area contributed by atoms with E-state index in [1.165, 1.54) is 11.1 Å². The molecule has 1 amide bonds. The first-order chi connectivity index (χ1) is 7.43. The molecular weight excluding hydrogens is 198 g/mol. The highest BCUT2D eigenvalue weighted by molar-refractivity contribution is 5.88. The topological polar surface area (TPSA) is 20.3 Å². The number of fused-ring (bicyclic) bond motifs is 1. The van der Waals surface area contributed by atoms with Crippen molar-refractivity contribution < 1.29 is 4.79 Å². The summed E-state index contributed by atoms with van der Waals surface area (Å²) in [5.74, 6) is 0.0683. The predicted octanol–water partition coefficient (Wildman–Crippen LogP) is 2.80. The number of carbonyl (C=O) groups is 1. The smallest absolute Gasteiger partial charge is 0.223 e. The molecule has 1 aliphatic rings. The third-order valence-electron chi connectivity index (χ3n) is 3.23. The number of amides is 1. The van der Waals surface area contributed by atoms with Crippen LogP contribution in [0.1, 0.15) is 31.9 Å². The molecule has 0 N–H and O–H groups in total. The Morgan fingerprint density at radius 3 is 2.50 bits per heavy atom. The van der Waals surface area contributed by atoms with Crippen molar-refractivity contribution >= 4 is 11.6 Å². The lowest BCUT2D eigenvalue weighted by Gasteiger charge is -2.17. The van der Waals surface area contributed by atoms with Crippen LogP contribution in [-0.2, 0) is 10.2 Å². The van der Waals surface area contributed by atoms with E-state index < -0.39 is 0 Å². The molecule has 0 radical (unpaired) electrons. The number of hydrogen-bond acceptors (Lipinski definition) is 1. The average Bonchev–Trinajstić information content (AvgIpc) is 2.51. The summed E-state index contributed by atoms with van der Waals surface area (Å²) >= 11 is 0. The molecular formula is C14H17NO. The van der Waals surface area contributed by atoms with Crippen molar-refractivity contribution in [3.05, 3.63) is 41.5 Å². The molecule has 0 spiro atoms. The summed E-state index contributed by atoms with van der Waals surface area (Å²) in [6, 6.07) is 8.27. The fourth-order valence-corrected chi connectivity index (χ4v) is 2.21. The fourth-order valence-electron chi connectivity index (χ4n) is 2.21. The van der Waals surface area contributed by atoms with Gasteiger partial charge in [0.15, 0.2) is 0 Å². The van der Waals surface area contributed by atoms with E-state index in [1.54, 1.807) is 11.8 Å². The van der Waals surface area contributed by atoms with Crippen molar-refractivity contribution in [1.82, 2.24) is 4.90 Å². The summed E-state index contributed by atoms with van der Waals surface area (Å²) in [6.07, 6.45) is 2.17. The Balaban J connectivity index is 2.55. The van der Waals surface area contributed by atoms with Gasteiger partial charge in [0.1, 0.15) is 0 Å². The van der Waals surface area contributed by atoms with Crippen LogP contribution in [0.2, 0.25) is 0 Å². The number of carbonyl (C=O) groups excluding carboxylic acids is 1. The van der Waals surface area contributed by atoms with Crippen LogP contribution >= 0.6 is 0 Å². The lowest BCUT2D eigenvalue weighted by atomic mass is 9.87. The van der Waals surface area contributed by atoms with Crippen molar-refractivity contribution in [2.24, 2.45) is 0 Å². The third-order valence-corrected chi connectivity index (χ3v) is 3.23. The number of allylic oxidation sites excluding steroid dienone is 1. The highest BCUT2D eigenvalue weighted by Gasteiger charge is 2.31. The molecule has 1 aromatic rings. The first-order valence-corrected chi connectivity index (χ1v) is 5.50. The van der Waals surface area contributed by atoms with E-state index in [9.17, 15) is 4.79 Å². The largest absolute Gasteiger partial charge is 0.315 e. The minimum atomic E-state index is 0.00956. The normalized spacial score (nSPS) is 16.6. The summed E-state index contributed by atoms with van der Waals surface area (Å²) in [5.41, 5.74) is 3.49. The zero-order chi connectivity index (χ0) is 11.9. The van der Waals surface area contributed by atoms with Gasteiger partial charge < -0.3 is 4.90 Å². The van der Waals surface area contributed by atoms with Crippen molar-refractivity contribution in [2.75, 3.05) is 7.05 Å². The zero-order valence-corrected chi connectivity index (χ0v) is 10.2. The van der Waals surface area contributed by atoms with Gasteiger partial charge in [-0.15, -0.1) is 0 Å². The van der Waals surface area contributed by atoms with Crippen LogP contribution in [0.25, 0.3) is 5.70 Å². The maximum absolute atomic E-state index is 11.4. The standard InChI is InChI=1S/C14H17NO/c1-10(16)15(4)13-9-14(2,3)12-8-6-5-7-11(12)13/h5-9H,1-4H3. The van der Waals surface area contributed by atoms with Crippen LogP contribution in [0.5, 0.6) is 0 Å². The van der Waals surface area contributed by atoms with Crippen LogP contribution in [0, 0.1) is 0 Å². The van der Waals surface area contributed by atoms with Crippen LogP contribution < -0.4 is 0 Å². The molecule has 0 saturated carbocycles. The maximum Gasteiger partial charge on any atom is 0.223 e. The molecule has 0 aromatic heterocycles. The Bertz CT molecular complexity index is 471. The van der Waals surface area contributed by atoms with Gasteiger partial charge >= 0.3 is 0 Å². The summed E-state index contributed by atoms with van der Waals surface area (Å²) in [6.45, 7) is 5.94. The van der Waals surface area contributed by atoms with Gasteiger partial charge in [-0.3, -0.25) is 4.79 Å². The number of nitrogens with zero attached hydrogens (tertiary/aromatic N) is 1. The lowest BCUT2D eigenvalue weighted by molar-refractivity contribution is -0.124. The van der Waals surface area contributed by atoms with Gasteiger partial charge in [-0.2, -0.15) is 0 Å². The van der Waals surface area contributed by atoms with Crippen molar-refractivity contribution in [2.45, 2.75) is 26.2 Å². The van der Waals surface area contributed by atoms with E-state index in [0.717, 1.165) is 5.70 Å². The first-order valence-electron chi connectivity index (χ1n) is 5.50. The number of benzene rings is 1. The monoisotopic (exact) mass is 215 g/mol. The number of rotatable bonds is 1. The Morgan fingerprint density at radius 1 is 1.25 bits per heavy atom. The van der Waals surface area contributed by atoms with E-state index in [2.05, 4.69) is 32.1 Å². The Labute approximate surface area is 96.6 Å². The second-order valence-electron chi connectivity index (χ2n) is 4.87. The molecule has 0 aliphatic heterocycles. The molecule has 16 heavy (non-hydrogen) atoms. The summed E-state index contributed by atoms with van der Waals surface area (Å²) in [7, 11) is 1.83. The predicted molar refractivity (Wildman–Crippen MR) is 65.9 cm³/mol. The third kappa shape index (κ3) is 1.54. The summed E-state index contributed by atoms with van der Waals surface area (Å²) in [4.78, 5) is 13.2. The van der Waals surface area contributed by atoms with Gasteiger partial charge in [0.25, 0.3) is 0 Å². The highest BCUT2D eigenvalue weighted by Crippen LogP contribution is 2.40. The van der Waals surface area contributed by atoms with E-state index in [4.69, 9.17) is 0 Å². The zero-order valence-electron chi connectivity index (χ0n) is 10.2. The molecule has 0 fully saturated rings. The van der Waals surface area contributed by atoms with E-state index >= 15 is 0 Å². The van der Waals surface area contributed by atoms with Gasteiger partial charge in [0.05, 0.1) is 0 Å². The molecule has 0 saturated heterocycles. The van der Waals surface area contributed by atoms with Crippen molar-refractivity contribution in [3.63, 3.8) is 0 Å². The Morgan fingerprint density at radius 2 is 1.88 bits per heavy atom. The van der Waals surface area contributed by atoms with Gasteiger partial charge in [0, 0.05) is 30.6 Å². The molecule has 2 nitrogen and oxygen atoms in total. The molecule has 0 atom stereocenters. The van der Waals surface area contributed by atoms with Gasteiger partial charge in [-0.25, -0.2) is 0 Å². The van der Waals surface area contributed by atoms with Gasteiger partial charge in [0.2, 0.25) is 5.91 Å². The van der Waals surface area contributed by atoms with Gasteiger partial charge in [-0.1, -0.05) is 38.1 Å². The summed E-state index contributed by atoms with van der Waals surface area (Å²) < 4.78 is 0. The average molecular weight is 215 g/mol. The maximum atomic E-state index is 11.4. The minimum absolute atomic E-state index is 0.00956. The van der Waals surface area contributed by atoms with Crippen LogP contribution in [0.15, 0.2) is 30.3 Å². The van der Waals surface area contributed by atoms with Crippen molar-refractivity contribution in [1.29, 1.82) is 0 Å². The van der Waals surface area contributed by atoms with Crippen LogP contribution in [0.3, 0.4) is 0 Å². The molecule has 84 valence electrons. The van der Waals surface area contributed by atoms with E-state index in [0.29, 0.717) is 0 Å². The van der Waals surface area contributed by atoms with Crippen LogP contribution in [0.4, 0.5) is 0 Å². The SMILES string of the molecule is CC(=O)N(C)C1=CC(C)(C)c2ccccc21. The lowest BCUT2D eigenvalue weighted by Crippen LogP contribution is -2.21. The fraction of sp³-hybridized carbons (Fsp3) is 0.357. The molecule has 2 rings (SSSR count). The second kappa shape index (κ2) is 3.48. The van der Waals surface area contributed by atoms with E-state index in [1.807, 2.05) is 19.2 Å². The molecule has 0 heterocycles. The Kier molecular flexibility index (Phi) is 2.38. The molecule has 2 heteroatoms. The quantitative estimate of drug-likeness (QED) is 0.705.